The highest BCUT2D eigenvalue weighted by Gasteiger charge is 2.15. The van der Waals surface area contributed by atoms with Gasteiger partial charge in [-0.1, -0.05) is 24.3 Å². The number of methoxy groups -OCH3 is 1. The normalized spacial score (nSPS) is 10.3. The van der Waals surface area contributed by atoms with Crippen LogP contribution in [-0.4, -0.2) is 17.7 Å². The summed E-state index contributed by atoms with van der Waals surface area (Å²) in [5.74, 6) is 0.653. The first-order valence-electron chi connectivity index (χ1n) is 8.26. The quantitative estimate of drug-likeness (QED) is 0.619. The van der Waals surface area contributed by atoms with Crippen molar-refractivity contribution >= 4 is 23.1 Å². The lowest BCUT2D eigenvalue weighted by Crippen LogP contribution is -2.27. The Bertz CT molecular complexity index is 1040. The third kappa shape index (κ3) is 3.92. The largest absolute Gasteiger partial charge is 0.497 e. The van der Waals surface area contributed by atoms with Gasteiger partial charge in [-0.25, -0.2) is 4.79 Å². The van der Waals surface area contributed by atoms with Crippen LogP contribution in [0.3, 0.4) is 0 Å². The van der Waals surface area contributed by atoms with Crippen molar-refractivity contribution in [3.8, 4) is 16.9 Å². The zero-order chi connectivity index (χ0) is 19.4. The molecule has 0 saturated carbocycles. The number of benzene rings is 2. The number of carbonyl (C=O) groups is 1. The Morgan fingerprint density at radius 2 is 1.85 bits per heavy atom. The maximum Gasteiger partial charge on any atom is 0.323 e. The van der Waals surface area contributed by atoms with Gasteiger partial charge in [-0.05, 0) is 35.9 Å². The van der Waals surface area contributed by atoms with Gasteiger partial charge in [-0.2, -0.15) is 0 Å². The van der Waals surface area contributed by atoms with Crippen molar-refractivity contribution in [3.63, 3.8) is 0 Å². The molecular weight excluding hydrogens is 344 g/mol. The molecule has 0 radical (unpaired) electrons. The maximum atomic E-state index is 12.6. The molecule has 0 saturated heterocycles. The van der Waals surface area contributed by atoms with Gasteiger partial charge < -0.3 is 25.7 Å². The number of nitrogen functional groups attached to an aromatic ring is 1. The van der Waals surface area contributed by atoms with Crippen molar-refractivity contribution in [1.82, 2.24) is 4.57 Å². The van der Waals surface area contributed by atoms with Crippen LogP contribution >= 0.6 is 0 Å². The number of urea groups is 1. The lowest BCUT2D eigenvalue weighted by molar-refractivity contribution is 0.262. The van der Waals surface area contributed by atoms with E-state index >= 15 is 0 Å². The number of anilines is 3. The molecule has 0 spiro atoms. The molecule has 7 heteroatoms. The van der Waals surface area contributed by atoms with Crippen molar-refractivity contribution in [2.75, 3.05) is 23.5 Å². The van der Waals surface area contributed by atoms with Crippen molar-refractivity contribution in [2.24, 2.45) is 7.05 Å². The van der Waals surface area contributed by atoms with Crippen LogP contribution in [0.4, 0.5) is 21.9 Å². The Kier molecular flexibility index (Phi) is 5.12. The number of nitrogens with two attached hydrogens (primary N) is 1. The Balaban J connectivity index is 1.96. The van der Waals surface area contributed by atoms with E-state index in [-0.39, 0.29) is 11.2 Å². The first kappa shape index (κ1) is 18.1. The summed E-state index contributed by atoms with van der Waals surface area (Å²) < 4.78 is 6.65. The lowest BCUT2D eigenvalue weighted by Gasteiger charge is -2.14. The summed E-state index contributed by atoms with van der Waals surface area (Å²) in [6.07, 6.45) is 1.65. The van der Waals surface area contributed by atoms with Crippen LogP contribution in [-0.2, 0) is 7.05 Å². The standard InChI is InChI=1S/C20H20N4O3/c1-24-11-10-15(13-6-5-7-14(12-13)27-2)18(19(24)25)23-20(26)22-17-9-4-3-8-16(17)21/h3-12H,21H2,1-2H3,(H2,22,23,26). The van der Waals surface area contributed by atoms with E-state index in [2.05, 4.69) is 10.6 Å². The topological polar surface area (TPSA) is 98.4 Å². The maximum absolute atomic E-state index is 12.6. The summed E-state index contributed by atoms with van der Waals surface area (Å²) in [4.78, 5) is 25.1. The molecule has 1 aromatic heterocycles. The Morgan fingerprint density at radius 3 is 2.59 bits per heavy atom. The number of nitrogens with one attached hydrogen (secondary N) is 2. The van der Waals surface area contributed by atoms with Gasteiger partial charge in [0, 0.05) is 18.8 Å². The van der Waals surface area contributed by atoms with Gasteiger partial charge in [0.25, 0.3) is 5.56 Å². The summed E-state index contributed by atoms with van der Waals surface area (Å²) in [7, 11) is 3.19. The highest BCUT2D eigenvalue weighted by atomic mass is 16.5. The molecule has 0 aliphatic heterocycles. The van der Waals surface area contributed by atoms with E-state index in [0.29, 0.717) is 22.7 Å². The van der Waals surface area contributed by atoms with Crippen LogP contribution in [0.5, 0.6) is 5.75 Å². The SMILES string of the molecule is COc1cccc(-c2ccn(C)c(=O)c2NC(=O)Nc2ccccc2N)c1. The van der Waals surface area contributed by atoms with Gasteiger partial charge in [-0.3, -0.25) is 4.79 Å². The van der Waals surface area contributed by atoms with Crippen molar-refractivity contribution in [2.45, 2.75) is 0 Å². The van der Waals surface area contributed by atoms with Gasteiger partial charge in [-0.15, -0.1) is 0 Å². The molecule has 4 N–H and O–H groups in total. The van der Waals surface area contributed by atoms with E-state index in [1.165, 1.54) is 4.57 Å². The number of hydrogen-bond donors (Lipinski definition) is 3. The molecule has 0 bridgehead atoms. The highest BCUT2D eigenvalue weighted by Crippen LogP contribution is 2.28. The van der Waals surface area contributed by atoms with E-state index in [4.69, 9.17) is 10.5 Å². The van der Waals surface area contributed by atoms with E-state index in [9.17, 15) is 9.59 Å². The molecule has 7 nitrogen and oxygen atoms in total. The van der Waals surface area contributed by atoms with Gasteiger partial charge >= 0.3 is 6.03 Å². The average Bonchev–Trinajstić information content (AvgIpc) is 2.67. The number of hydrogen-bond acceptors (Lipinski definition) is 4. The zero-order valence-electron chi connectivity index (χ0n) is 15.0. The molecule has 2 aromatic carbocycles. The van der Waals surface area contributed by atoms with E-state index in [1.54, 1.807) is 56.8 Å². The second-order valence-electron chi connectivity index (χ2n) is 5.92. The third-order valence-electron chi connectivity index (χ3n) is 4.10. The third-order valence-corrected chi connectivity index (χ3v) is 4.10. The van der Waals surface area contributed by atoms with Crippen LogP contribution in [0.1, 0.15) is 0 Å². The fourth-order valence-electron chi connectivity index (χ4n) is 2.66. The molecule has 0 fully saturated rings. The van der Waals surface area contributed by atoms with E-state index in [0.717, 1.165) is 5.56 Å². The number of aromatic nitrogens is 1. The van der Waals surface area contributed by atoms with Crippen LogP contribution in [0.25, 0.3) is 11.1 Å². The molecule has 1 heterocycles. The fraction of sp³-hybridized carbons (Fsp3) is 0.100. The van der Waals surface area contributed by atoms with Gasteiger partial charge in [0.2, 0.25) is 0 Å². The number of pyridine rings is 1. The number of nitrogens with zero attached hydrogens (tertiary/aromatic N) is 1. The summed E-state index contributed by atoms with van der Waals surface area (Å²) in [6, 6.07) is 15.4. The number of amides is 2. The molecular formula is C20H20N4O3. The first-order valence-corrected chi connectivity index (χ1v) is 8.26. The van der Waals surface area contributed by atoms with Crippen molar-refractivity contribution < 1.29 is 9.53 Å². The average molecular weight is 364 g/mol. The summed E-state index contributed by atoms with van der Waals surface area (Å²) >= 11 is 0. The molecule has 0 atom stereocenters. The minimum atomic E-state index is -0.555. The number of aryl methyl sites for hydroxylation is 1. The van der Waals surface area contributed by atoms with E-state index < -0.39 is 6.03 Å². The van der Waals surface area contributed by atoms with Crippen LogP contribution < -0.4 is 26.7 Å². The van der Waals surface area contributed by atoms with Crippen molar-refractivity contribution in [1.29, 1.82) is 0 Å². The molecule has 0 aliphatic carbocycles. The van der Waals surface area contributed by atoms with Gasteiger partial charge in [0.1, 0.15) is 11.4 Å². The monoisotopic (exact) mass is 364 g/mol. The second-order valence-corrected chi connectivity index (χ2v) is 5.92. The molecule has 0 aliphatic rings. The molecule has 3 rings (SSSR count). The van der Waals surface area contributed by atoms with Crippen molar-refractivity contribution in [3.05, 3.63) is 71.1 Å². The minimum absolute atomic E-state index is 0.167. The first-order chi connectivity index (χ1) is 13.0. The number of ether oxygens (including phenoxy) is 1. The summed E-state index contributed by atoms with van der Waals surface area (Å²) in [6.45, 7) is 0. The molecule has 138 valence electrons. The fourth-order valence-corrected chi connectivity index (χ4v) is 2.66. The predicted octanol–water partition coefficient (Wildman–Crippen LogP) is 3.29. The second kappa shape index (κ2) is 7.65. The molecule has 0 unspecified atom stereocenters. The smallest absolute Gasteiger partial charge is 0.323 e. The summed E-state index contributed by atoms with van der Waals surface area (Å²) in [5.41, 5.74) is 7.92. The van der Waals surface area contributed by atoms with Gasteiger partial charge in [0.05, 0.1) is 18.5 Å². The van der Waals surface area contributed by atoms with E-state index in [1.807, 2.05) is 18.2 Å². The predicted molar refractivity (Wildman–Crippen MR) is 107 cm³/mol. The Morgan fingerprint density at radius 1 is 1.07 bits per heavy atom. The van der Waals surface area contributed by atoms with Crippen LogP contribution in [0.2, 0.25) is 0 Å². The Labute approximate surface area is 156 Å². The van der Waals surface area contributed by atoms with Crippen LogP contribution in [0, 0.1) is 0 Å². The number of rotatable bonds is 4. The van der Waals surface area contributed by atoms with Crippen LogP contribution in [0.15, 0.2) is 65.6 Å². The molecule has 2 amide bonds. The number of carbonyl (C=O) groups excluding carboxylic acids is 1. The minimum Gasteiger partial charge on any atom is -0.497 e. The zero-order valence-corrected chi connectivity index (χ0v) is 15.0. The highest BCUT2D eigenvalue weighted by molar-refractivity contribution is 6.03. The Hall–Kier alpha value is -3.74. The summed E-state index contributed by atoms with van der Waals surface area (Å²) in [5, 5.41) is 5.31. The van der Waals surface area contributed by atoms with Gasteiger partial charge in [0.15, 0.2) is 0 Å². The lowest BCUT2D eigenvalue weighted by atomic mass is 10.0. The molecule has 3 aromatic rings. The molecule has 27 heavy (non-hydrogen) atoms. The number of para-hydroxylation sites is 2.